The van der Waals surface area contributed by atoms with Crippen LogP contribution < -0.4 is 0 Å². The van der Waals surface area contributed by atoms with Crippen LogP contribution in [0, 0.1) is 17.0 Å². The number of benzene rings is 2. The quantitative estimate of drug-likeness (QED) is 0.364. The lowest BCUT2D eigenvalue weighted by atomic mass is 10.1. The SMILES string of the molecule is Cc1ccc(S(=O)(=[18O])[18O]C(C)c2cccc([N+](=O)[O-])c2)cc1. The van der Waals surface area contributed by atoms with E-state index in [2.05, 4.69) is 0 Å². The second kappa shape index (κ2) is 6.25. The van der Waals surface area contributed by atoms with Gasteiger partial charge in [-0.25, -0.2) is 0 Å². The molecule has 0 aliphatic heterocycles. The Balaban J connectivity index is 2.24. The van der Waals surface area contributed by atoms with Crippen LogP contribution in [0.3, 0.4) is 0 Å². The molecule has 2 aromatic carbocycles. The maximum atomic E-state index is 12.2. The van der Waals surface area contributed by atoms with Gasteiger partial charge < -0.3 is 0 Å². The van der Waals surface area contributed by atoms with Crippen molar-refractivity contribution in [2.75, 3.05) is 0 Å². The lowest BCUT2D eigenvalue weighted by Gasteiger charge is -2.13. The minimum absolute atomic E-state index is 0.0513. The topological polar surface area (TPSA) is 86.5 Å². The summed E-state index contributed by atoms with van der Waals surface area (Å²) in [5.41, 5.74) is 1.25. The van der Waals surface area contributed by atoms with Crippen molar-refractivity contribution in [1.82, 2.24) is 0 Å². The van der Waals surface area contributed by atoms with Crippen molar-refractivity contribution in [2.45, 2.75) is 24.8 Å². The number of hydrogen-bond donors (Lipinski definition) is 0. The van der Waals surface area contributed by atoms with Crippen LogP contribution in [-0.4, -0.2) is 13.3 Å². The van der Waals surface area contributed by atoms with Gasteiger partial charge in [-0.1, -0.05) is 29.8 Å². The Morgan fingerprint density at radius 1 is 1.23 bits per heavy atom. The van der Waals surface area contributed by atoms with E-state index in [-0.39, 0.29) is 10.6 Å². The molecule has 0 radical (unpaired) electrons. The maximum Gasteiger partial charge on any atom is 0.297 e. The predicted molar refractivity (Wildman–Crippen MR) is 81.0 cm³/mol. The van der Waals surface area contributed by atoms with Gasteiger partial charge in [-0.05, 0) is 31.5 Å². The van der Waals surface area contributed by atoms with E-state index in [4.69, 9.17) is 4.18 Å². The molecule has 0 aromatic heterocycles. The summed E-state index contributed by atoms with van der Waals surface area (Å²) in [6.07, 6.45) is -0.828. The van der Waals surface area contributed by atoms with Crippen molar-refractivity contribution >= 4 is 15.8 Å². The zero-order valence-corrected chi connectivity index (χ0v) is 12.9. The van der Waals surface area contributed by atoms with Crippen LogP contribution in [0.1, 0.15) is 24.2 Å². The van der Waals surface area contributed by atoms with Gasteiger partial charge in [0.15, 0.2) is 0 Å². The summed E-state index contributed by atoms with van der Waals surface area (Å²) in [4.78, 5) is 10.3. The Hall–Kier alpha value is -2.25. The number of hydrogen-bond acceptors (Lipinski definition) is 5. The predicted octanol–water partition coefficient (Wildman–Crippen LogP) is 3.37. The summed E-state index contributed by atoms with van der Waals surface area (Å²) in [5.74, 6) is 0. The highest BCUT2D eigenvalue weighted by Gasteiger charge is 2.21. The second-order valence-corrected chi connectivity index (χ2v) is 6.43. The molecular formula is C15H15NO5S. The van der Waals surface area contributed by atoms with Crippen LogP contribution in [0.4, 0.5) is 5.69 Å². The van der Waals surface area contributed by atoms with Crippen LogP contribution >= 0.6 is 0 Å². The van der Waals surface area contributed by atoms with Crippen LogP contribution in [-0.2, 0) is 14.3 Å². The summed E-state index contributed by atoms with van der Waals surface area (Å²) in [5, 5.41) is 10.8. The van der Waals surface area contributed by atoms with Gasteiger partial charge in [-0.15, -0.1) is 0 Å². The molecule has 0 bridgehead atoms. The molecule has 6 nitrogen and oxygen atoms in total. The average Bonchev–Trinajstić information content (AvgIpc) is 2.47. The molecule has 0 amide bonds. The van der Waals surface area contributed by atoms with Crippen molar-refractivity contribution in [1.29, 1.82) is 0 Å². The molecule has 2 atom stereocenters. The zero-order valence-electron chi connectivity index (χ0n) is 12.1. The van der Waals surface area contributed by atoms with Gasteiger partial charge in [0.1, 0.15) is 0 Å². The Labute approximate surface area is 128 Å². The van der Waals surface area contributed by atoms with Gasteiger partial charge >= 0.3 is 0 Å². The van der Waals surface area contributed by atoms with E-state index in [0.29, 0.717) is 5.56 Å². The van der Waals surface area contributed by atoms with E-state index in [1.807, 2.05) is 6.92 Å². The van der Waals surface area contributed by atoms with Gasteiger partial charge in [0.05, 0.1) is 15.9 Å². The van der Waals surface area contributed by atoms with E-state index in [0.717, 1.165) is 5.56 Å². The first-order valence-corrected chi connectivity index (χ1v) is 7.95. The molecular weight excluding hydrogens is 310 g/mol. The van der Waals surface area contributed by atoms with Crippen molar-refractivity contribution in [3.05, 3.63) is 69.8 Å². The van der Waals surface area contributed by atoms with E-state index >= 15 is 0 Å². The lowest BCUT2D eigenvalue weighted by molar-refractivity contribution is -0.385. The number of rotatable bonds is 5. The van der Waals surface area contributed by atoms with Gasteiger partial charge in [0.2, 0.25) is 0 Å². The van der Waals surface area contributed by atoms with Crippen LogP contribution in [0.15, 0.2) is 53.4 Å². The number of aryl methyl sites for hydroxylation is 1. The number of non-ortho nitro benzene ring substituents is 1. The third-order valence-corrected chi connectivity index (χ3v) is 4.52. The first-order valence-electron chi connectivity index (χ1n) is 6.54. The van der Waals surface area contributed by atoms with E-state index in [9.17, 15) is 18.5 Å². The molecule has 22 heavy (non-hydrogen) atoms. The molecule has 116 valence electrons. The first kappa shape index (κ1) is 16.1. The van der Waals surface area contributed by atoms with Gasteiger partial charge in [0.25, 0.3) is 15.8 Å². The molecule has 2 aromatic rings. The van der Waals surface area contributed by atoms with Crippen molar-refractivity contribution in [3.63, 3.8) is 0 Å². The summed E-state index contributed by atoms with van der Waals surface area (Å²) in [6.45, 7) is 3.38. The van der Waals surface area contributed by atoms with Crippen molar-refractivity contribution in [2.24, 2.45) is 0 Å². The fraction of sp³-hybridized carbons (Fsp3) is 0.200. The summed E-state index contributed by atoms with van der Waals surface area (Å²) < 4.78 is 29.5. The van der Waals surface area contributed by atoms with E-state index < -0.39 is 21.1 Å². The molecule has 0 saturated heterocycles. The molecule has 0 aliphatic carbocycles. The third kappa shape index (κ3) is 3.69. The smallest absolute Gasteiger partial charge is 0.258 e. The maximum absolute atomic E-state index is 12.2. The standard InChI is InChI=1S/C15H15NO5S/c1-11-6-8-15(9-7-11)22(19,20)21-12(2)13-4-3-5-14(10-13)16(17)18/h3-10,12H,1-2H3/i19+2,21+2. The molecule has 0 fully saturated rings. The third-order valence-electron chi connectivity index (χ3n) is 3.13. The highest BCUT2D eigenvalue weighted by atomic mass is 32.3. The second-order valence-electron chi connectivity index (χ2n) is 4.86. The summed E-state index contributed by atoms with van der Waals surface area (Å²) >= 11 is 0. The number of nitro groups is 1. The molecule has 0 saturated carbocycles. The molecule has 0 aliphatic rings. The van der Waals surface area contributed by atoms with Gasteiger partial charge in [0, 0.05) is 12.1 Å². The minimum atomic E-state index is -3.93. The first-order chi connectivity index (χ1) is 10.3. The monoisotopic (exact) mass is 325 g/mol. The highest BCUT2D eigenvalue weighted by molar-refractivity contribution is 7.86. The minimum Gasteiger partial charge on any atom is -0.258 e. The Morgan fingerprint density at radius 2 is 1.86 bits per heavy atom. The number of nitrogens with zero attached hydrogens (tertiary/aromatic N) is 1. The number of nitro benzene ring substituents is 1. The Kier molecular flexibility index (Phi) is 4.58. The van der Waals surface area contributed by atoms with Crippen LogP contribution in [0.2, 0.25) is 0 Å². The van der Waals surface area contributed by atoms with Crippen molar-refractivity contribution < 1.29 is 17.5 Å². The van der Waals surface area contributed by atoms with E-state index in [1.54, 1.807) is 18.2 Å². The fourth-order valence-electron chi connectivity index (χ4n) is 1.90. The Bertz CT molecular complexity index is 784. The van der Waals surface area contributed by atoms with Crippen LogP contribution in [0.25, 0.3) is 0 Å². The summed E-state index contributed by atoms with van der Waals surface area (Å²) in [7, 11) is -3.93. The highest BCUT2D eigenvalue weighted by Crippen LogP contribution is 2.26. The average molecular weight is 325 g/mol. The molecule has 2 unspecified atom stereocenters. The zero-order chi connectivity index (χ0) is 16.3. The summed E-state index contributed by atoms with van der Waals surface area (Å²) in [6, 6.07) is 12.0. The Morgan fingerprint density at radius 3 is 2.45 bits per heavy atom. The largest absolute Gasteiger partial charge is 0.297 e. The molecule has 7 heteroatoms. The molecule has 2 rings (SSSR count). The van der Waals surface area contributed by atoms with Crippen LogP contribution in [0.5, 0.6) is 0 Å². The molecule has 0 heterocycles. The van der Waals surface area contributed by atoms with Gasteiger partial charge in [-0.2, -0.15) is 8.42 Å². The van der Waals surface area contributed by atoms with Gasteiger partial charge in [-0.3, -0.25) is 14.3 Å². The molecule has 0 spiro atoms. The lowest BCUT2D eigenvalue weighted by Crippen LogP contribution is -2.10. The fourth-order valence-corrected chi connectivity index (χ4v) is 2.97. The van der Waals surface area contributed by atoms with Crippen molar-refractivity contribution in [3.8, 4) is 0 Å². The normalized spacial score (nSPS) is 15.0. The van der Waals surface area contributed by atoms with E-state index in [1.165, 1.54) is 37.3 Å². The molecule has 0 N–H and O–H groups in total.